The van der Waals surface area contributed by atoms with Crippen molar-refractivity contribution < 1.29 is 19.4 Å². The lowest BCUT2D eigenvalue weighted by Crippen LogP contribution is -2.40. The number of nitrogens with zero attached hydrogens (tertiary/aromatic N) is 5. The number of hydrogen-bond acceptors (Lipinski definition) is 8. The topological polar surface area (TPSA) is 129 Å². The van der Waals surface area contributed by atoms with Gasteiger partial charge < -0.3 is 29.8 Å². The minimum Gasteiger partial charge on any atom is -0.465 e. The van der Waals surface area contributed by atoms with Gasteiger partial charge in [-0.05, 0) is 46.8 Å². The first-order chi connectivity index (χ1) is 15.0. The molecule has 1 saturated heterocycles. The number of carbonyl (C=O) groups is 1. The Balaban J connectivity index is 1.51. The molecule has 0 bridgehead atoms. The molecule has 2 aliphatic rings. The Morgan fingerprint density at radius 2 is 2.13 bits per heavy atom. The highest BCUT2D eigenvalue weighted by atomic mass is 79.9. The number of aromatic nitrogens is 4. The Kier molecular flexibility index (Phi) is 5.26. The quantitative estimate of drug-likeness (QED) is 0.546. The fraction of sp³-hybridized carbons (Fsp3) is 0.368. The lowest BCUT2D eigenvalue weighted by molar-refractivity contribution is 0.116. The minimum atomic E-state index is -0.884. The summed E-state index contributed by atoms with van der Waals surface area (Å²) in [6.07, 6.45) is 2.30. The zero-order valence-corrected chi connectivity index (χ0v) is 18.7. The number of carboxylic acid groups (broad SMARTS) is 1. The number of ether oxygens (including phenoxy) is 2. The third-order valence-corrected chi connectivity index (χ3v) is 7.35. The average molecular weight is 507 g/mol. The molecule has 1 unspecified atom stereocenters. The first-order valence-corrected chi connectivity index (χ1v) is 11.3. The van der Waals surface area contributed by atoms with Crippen molar-refractivity contribution in [3.63, 3.8) is 0 Å². The normalized spacial score (nSPS) is 18.0. The molecule has 31 heavy (non-hydrogen) atoms. The Hall–Kier alpha value is -2.73. The molecular formula is C19H19BrN6O4S. The van der Waals surface area contributed by atoms with Gasteiger partial charge in [0.15, 0.2) is 33.6 Å². The third kappa shape index (κ3) is 3.85. The summed E-state index contributed by atoms with van der Waals surface area (Å²) in [5.41, 5.74) is 7.24. The number of nitrogen functional groups attached to an aromatic ring is 1. The van der Waals surface area contributed by atoms with Gasteiger partial charge in [0.05, 0.1) is 0 Å². The van der Waals surface area contributed by atoms with Crippen molar-refractivity contribution in [1.82, 2.24) is 24.4 Å². The van der Waals surface area contributed by atoms with Crippen molar-refractivity contribution in [3.05, 3.63) is 22.9 Å². The maximum absolute atomic E-state index is 11.4. The molecule has 5 rings (SSSR count). The molecule has 0 saturated carbocycles. The van der Waals surface area contributed by atoms with Crippen LogP contribution in [0.4, 0.5) is 10.6 Å². The van der Waals surface area contributed by atoms with E-state index in [9.17, 15) is 9.90 Å². The summed E-state index contributed by atoms with van der Waals surface area (Å²) < 4.78 is 13.8. The molecule has 1 aromatic carbocycles. The van der Waals surface area contributed by atoms with E-state index < -0.39 is 6.09 Å². The van der Waals surface area contributed by atoms with Crippen molar-refractivity contribution in [2.75, 3.05) is 25.6 Å². The summed E-state index contributed by atoms with van der Waals surface area (Å²) >= 11 is 5.05. The van der Waals surface area contributed by atoms with Crippen LogP contribution in [0.2, 0.25) is 0 Å². The van der Waals surface area contributed by atoms with Crippen LogP contribution in [0.5, 0.6) is 11.5 Å². The number of fused-ring (bicyclic) bond motifs is 2. The highest BCUT2D eigenvalue weighted by molar-refractivity contribution is 9.10. The molecule has 3 aromatic rings. The van der Waals surface area contributed by atoms with Crippen LogP contribution in [0.15, 0.2) is 33.0 Å². The summed E-state index contributed by atoms with van der Waals surface area (Å²) in [6.45, 7) is 1.83. The SMILES string of the molecule is Nc1ncnc2c1nc(Sc1cc3c(cc1Br)OCO3)n2CC1CCCN(C(=O)O)C1. The summed E-state index contributed by atoms with van der Waals surface area (Å²) in [6, 6.07) is 3.78. The highest BCUT2D eigenvalue weighted by Gasteiger charge is 2.26. The molecule has 2 aromatic heterocycles. The van der Waals surface area contributed by atoms with Crippen LogP contribution in [-0.4, -0.2) is 55.5 Å². The number of piperidine rings is 1. The molecule has 0 aliphatic carbocycles. The maximum Gasteiger partial charge on any atom is 0.407 e. The second kappa shape index (κ2) is 8.08. The van der Waals surface area contributed by atoms with Gasteiger partial charge in [-0.2, -0.15) is 0 Å². The van der Waals surface area contributed by atoms with Crippen LogP contribution < -0.4 is 15.2 Å². The number of amides is 1. The number of imidazole rings is 1. The summed E-state index contributed by atoms with van der Waals surface area (Å²) in [5, 5.41) is 10.1. The molecular weight excluding hydrogens is 488 g/mol. The predicted octanol–water partition coefficient (Wildman–Crippen LogP) is 3.44. The van der Waals surface area contributed by atoms with Gasteiger partial charge in [-0.1, -0.05) is 11.8 Å². The Labute approximate surface area is 189 Å². The Bertz CT molecular complexity index is 1170. The van der Waals surface area contributed by atoms with Crippen molar-refractivity contribution in [2.45, 2.75) is 29.4 Å². The first-order valence-electron chi connectivity index (χ1n) is 9.71. The largest absolute Gasteiger partial charge is 0.465 e. The zero-order valence-electron chi connectivity index (χ0n) is 16.3. The van der Waals surface area contributed by atoms with Gasteiger partial charge in [0.1, 0.15) is 6.33 Å². The van der Waals surface area contributed by atoms with Gasteiger partial charge in [0.25, 0.3) is 0 Å². The van der Waals surface area contributed by atoms with Gasteiger partial charge >= 0.3 is 6.09 Å². The molecule has 0 spiro atoms. The number of hydrogen-bond donors (Lipinski definition) is 2. The van der Waals surface area contributed by atoms with Crippen molar-refractivity contribution in [1.29, 1.82) is 0 Å². The first kappa shape index (κ1) is 20.2. The molecule has 1 fully saturated rings. The number of benzene rings is 1. The highest BCUT2D eigenvalue weighted by Crippen LogP contribution is 2.43. The Morgan fingerprint density at radius 3 is 2.94 bits per heavy atom. The molecule has 0 radical (unpaired) electrons. The van der Waals surface area contributed by atoms with E-state index in [0.29, 0.717) is 53.3 Å². The van der Waals surface area contributed by atoms with Crippen molar-refractivity contribution >= 4 is 50.8 Å². The second-order valence-electron chi connectivity index (χ2n) is 7.41. The van der Waals surface area contributed by atoms with E-state index in [4.69, 9.17) is 20.2 Å². The monoisotopic (exact) mass is 506 g/mol. The minimum absolute atomic E-state index is 0.151. The van der Waals surface area contributed by atoms with Crippen LogP contribution in [0.1, 0.15) is 12.8 Å². The van der Waals surface area contributed by atoms with Gasteiger partial charge in [0.2, 0.25) is 6.79 Å². The average Bonchev–Trinajstić information content (AvgIpc) is 3.34. The number of halogens is 1. The van der Waals surface area contributed by atoms with Crippen LogP contribution in [0.3, 0.4) is 0 Å². The summed E-state index contributed by atoms with van der Waals surface area (Å²) in [7, 11) is 0. The molecule has 4 heterocycles. The summed E-state index contributed by atoms with van der Waals surface area (Å²) in [5.74, 6) is 1.83. The van der Waals surface area contributed by atoms with Crippen molar-refractivity contribution in [2.24, 2.45) is 5.92 Å². The fourth-order valence-corrected chi connectivity index (χ4v) is 5.39. The van der Waals surface area contributed by atoms with Crippen LogP contribution in [-0.2, 0) is 6.54 Å². The zero-order chi connectivity index (χ0) is 21.5. The van der Waals surface area contributed by atoms with Gasteiger partial charge in [-0.3, -0.25) is 0 Å². The van der Waals surface area contributed by atoms with E-state index >= 15 is 0 Å². The van der Waals surface area contributed by atoms with E-state index in [1.54, 1.807) is 0 Å². The molecule has 162 valence electrons. The smallest absolute Gasteiger partial charge is 0.407 e. The van der Waals surface area contributed by atoms with Gasteiger partial charge in [0, 0.05) is 29.0 Å². The molecule has 1 amide bonds. The maximum atomic E-state index is 11.4. The van der Waals surface area contributed by atoms with Crippen LogP contribution >= 0.6 is 27.7 Å². The van der Waals surface area contributed by atoms with E-state index in [1.807, 2.05) is 16.7 Å². The van der Waals surface area contributed by atoms with E-state index in [2.05, 4.69) is 25.9 Å². The fourth-order valence-electron chi connectivity index (χ4n) is 3.90. The standard InChI is InChI=1S/C19H19BrN6O4S/c20-11-4-12-13(30-9-29-12)5-14(11)31-18-24-15-16(21)22-8-23-17(15)26(18)7-10-2-1-3-25(6-10)19(27)28/h4-5,8,10H,1-3,6-7,9H2,(H,27,28)(H2,21,22,23). The Morgan fingerprint density at radius 1 is 1.32 bits per heavy atom. The lowest BCUT2D eigenvalue weighted by atomic mass is 9.98. The van der Waals surface area contributed by atoms with E-state index in [1.165, 1.54) is 23.0 Å². The van der Waals surface area contributed by atoms with Crippen LogP contribution in [0, 0.1) is 5.92 Å². The van der Waals surface area contributed by atoms with Crippen LogP contribution in [0.25, 0.3) is 11.2 Å². The second-order valence-corrected chi connectivity index (χ2v) is 9.27. The lowest BCUT2D eigenvalue weighted by Gasteiger charge is -2.31. The number of rotatable bonds is 4. The molecule has 1 atom stereocenters. The third-order valence-electron chi connectivity index (χ3n) is 5.38. The molecule has 2 aliphatic heterocycles. The number of nitrogens with two attached hydrogens (primary N) is 1. The number of likely N-dealkylation sites (tertiary alicyclic amines) is 1. The van der Waals surface area contributed by atoms with Crippen molar-refractivity contribution in [3.8, 4) is 11.5 Å². The van der Waals surface area contributed by atoms with E-state index in [0.717, 1.165) is 22.2 Å². The predicted molar refractivity (Wildman–Crippen MR) is 116 cm³/mol. The molecule has 12 heteroatoms. The van der Waals surface area contributed by atoms with Gasteiger partial charge in [-0.15, -0.1) is 0 Å². The number of anilines is 1. The molecule has 10 nitrogen and oxygen atoms in total. The van der Waals surface area contributed by atoms with Gasteiger partial charge in [-0.25, -0.2) is 19.7 Å². The summed E-state index contributed by atoms with van der Waals surface area (Å²) in [4.78, 5) is 27.0. The van der Waals surface area contributed by atoms with E-state index in [-0.39, 0.29) is 12.7 Å². The molecule has 3 N–H and O–H groups in total.